The normalized spacial score (nSPS) is 10.1. The van der Waals surface area contributed by atoms with Crippen LogP contribution in [0.15, 0.2) is 24.3 Å². The molecule has 1 aromatic carbocycles. The second-order valence-electron chi connectivity index (χ2n) is 4.07. The number of unbranched alkanes of at least 4 members (excludes halogenated alkanes) is 1. The van der Waals surface area contributed by atoms with Gasteiger partial charge in [-0.05, 0) is 37.0 Å². The van der Waals surface area contributed by atoms with Gasteiger partial charge in [-0.3, -0.25) is 4.79 Å². The Morgan fingerprint density at radius 1 is 1.17 bits per heavy atom. The monoisotopic (exact) mass is 268 g/mol. The van der Waals surface area contributed by atoms with Crippen molar-refractivity contribution in [1.29, 1.82) is 0 Å². The lowest BCUT2D eigenvalue weighted by molar-refractivity contribution is -0.116. The summed E-state index contributed by atoms with van der Waals surface area (Å²) >= 11 is 5.42. The van der Waals surface area contributed by atoms with Crippen LogP contribution in [-0.2, 0) is 16.0 Å². The first-order chi connectivity index (χ1) is 8.67. The molecule has 0 fully saturated rings. The molecule has 3 nitrogen and oxygen atoms in total. The van der Waals surface area contributed by atoms with Gasteiger partial charge in [0.15, 0.2) is 0 Å². The highest BCUT2D eigenvalue weighted by Crippen LogP contribution is 2.10. The molecule has 0 saturated heterocycles. The number of halogens is 1. The molecule has 1 aromatic rings. The van der Waals surface area contributed by atoms with Crippen LogP contribution in [0.5, 0.6) is 0 Å². The fourth-order valence-electron chi connectivity index (χ4n) is 1.64. The molecule has 0 aliphatic heterocycles. The molecule has 0 bridgehead atoms. The van der Waals surface area contributed by atoms with Crippen LogP contribution in [0.1, 0.15) is 35.2 Å². The molecule has 0 amide bonds. The van der Waals surface area contributed by atoms with Gasteiger partial charge in [0, 0.05) is 6.42 Å². The summed E-state index contributed by atoms with van der Waals surface area (Å²) in [4.78, 5) is 22.2. The molecular weight excluding hydrogens is 252 g/mol. The fourth-order valence-corrected chi connectivity index (χ4v) is 1.78. The van der Waals surface area contributed by atoms with Gasteiger partial charge < -0.3 is 4.74 Å². The summed E-state index contributed by atoms with van der Waals surface area (Å²) < 4.78 is 4.62. The molecule has 0 atom stereocenters. The van der Waals surface area contributed by atoms with Gasteiger partial charge in [0.1, 0.15) is 5.78 Å². The number of rotatable bonds is 7. The predicted octanol–water partition coefficient (Wildman–Crippen LogP) is 2.99. The van der Waals surface area contributed by atoms with Crippen molar-refractivity contribution in [3.8, 4) is 0 Å². The zero-order valence-electron chi connectivity index (χ0n) is 10.4. The Kier molecular flexibility index (Phi) is 6.44. The first-order valence-corrected chi connectivity index (χ1v) is 6.45. The van der Waals surface area contributed by atoms with Gasteiger partial charge >= 0.3 is 5.97 Å². The third kappa shape index (κ3) is 4.88. The molecular formula is C14H17ClO3. The average Bonchev–Trinajstić information content (AvgIpc) is 2.43. The summed E-state index contributed by atoms with van der Waals surface area (Å²) in [5, 5.41) is 0. The fraction of sp³-hybridized carbons (Fsp3) is 0.429. The summed E-state index contributed by atoms with van der Waals surface area (Å²) in [5.41, 5.74) is 1.71. The molecule has 0 saturated carbocycles. The smallest absolute Gasteiger partial charge is 0.337 e. The number of alkyl halides is 1. The summed E-state index contributed by atoms with van der Waals surface area (Å²) in [6, 6.07) is 7.33. The number of ether oxygens (including phenoxy) is 1. The number of benzene rings is 1. The second kappa shape index (κ2) is 7.88. The quantitative estimate of drug-likeness (QED) is 0.434. The molecule has 1 rings (SSSR count). The highest BCUT2D eigenvalue weighted by atomic mass is 35.5. The van der Waals surface area contributed by atoms with Crippen LogP contribution in [0, 0.1) is 0 Å². The molecule has 0 aliphatic carbocycles. The Bertz CT molecular complexity index is 398. The number of hydrogen-bond donors (Lipinski definition) is 0. The molecule has 98 valence electrons. The van der Waals surface area contributed by atoms with E-state index in [1.54, 1.807) is 12.1 Å². The summed E-state index contributed by atoms with van der Waals surface area (Å²) in [6.45, 7) is 0. The van der Waals surface area contributed by atoms with Gasteiger partial charge in [-0.2, -0.15) is 0 Å². The lowest BCUT2D eigenvalue weighted by Gasteiger charge is -2.03. The molecule has 0 aromatic heterocycles. The maximum Gasteiger partial charge on any atom is 0.337 e. The van der Waals surface area contributed by atoms with Crippen LogP contribution >= 0.6 is 11.6 Å². The minimum absolute atomic E-state index is 0.0951. The molecule has 4 heteroatoms. The number of hydrogen-bond acceptors (Lipinski definition) is 3. The van der Waals surface area contributed by atoms with E-state index in [9.17, 15) is 9.59 Å². The first kappa shape index (κ1) is 14.7. The van der Waals surface area contributed by atoms with Gasteiger partial charge in [-0.15, -0.1) is 11.6 Å². The van der Waals surface area contributed by atoms with Crippen LogP contribution in [0.2, 0.25) is 0 Å². The predicted molar refractivity (Wildman–Crippen MR) is 71.1 cm³/mol. The zero-order chi connectivity index (χ0) is 13.4. The van der Waals surface area contributed by atoms with Crippen molar-refractivity contribution >= 4 is 23.4 Å². The van der Waals surface area contributed by atoms with Gasteiger partial charge in [-0.25, -0.2) is 4.79 Å². The number of carbonyl (C=O) groups is 2. The Labute approximate surface area is 112 Å². The van der Waals surface area contributed by atoms with Crippen LogP contribution in [0.4, 0.5) is 0 Å². The zero-order valence-corrected chi connectivity index (χ0v) is 11.2. The van der Waals surface area contributed by atoms with E-state index < -0.39 is 0 Å². The van der Waals surface area contributed by atoms with Crippen molar-refractivity contribution in [2.75, 3.05) is 13.0 Å². The Hall–Kier alpha value is -1.35. The third-order valence-corrected chi connectivity index (χ3v) is 2.99. The number of methoxy groups -OCH3 is 1. The van der Waals surface area contributed by atoms with Gasteiger partial charge in [0.2, 0.25) is 0 Å². The van der Waals surface area contributed by atoms with Crippen molar-refractivity contribution in [2.24, 2.45) is 0 Å². The van der Waals surface area contributed by atoms with Crippen LogP contribution in [-0.4, -0.2) is 24.7 Å². The molecule has 0 N–H and O–H groups in total. The highest BCUT2D eigenvalue weighted by molar-refractivity contribution is 6.27. The average molecular weight is 269 g/mol. The maximum atomic E-state index is 11.2. The molecule has 0 heterocycles. The number of esters is 1. The first-order valence-electron chi connectivity index (χ1n) is 5.92. The van der Waals surface area contributed by atoms with Crippen molar-refractivity contribution in [1.82, 2.24) is 0 Å². The maximum absolute atomic E-state index is 11.2. The largest absolute Gasteiger partial charge is 0.465 e. The standard InChI is InChI=1S/C14H17ClO3/c1-18-14(17)12-8-6-11(7-9-12)4-2-3-5-13(16)10-15/h6-9H,2-5,10H2,1H3. The molecule has 0 radical (unpaired) electrons. The van der Waals surface area contributed by atoms with Crippen molar-refractivity contribution in [2.45, 2.75) is 25.7 Å². The topological polar surface area (TPSA) is 43.4 Å². The highest BCUT2D eigenvalue weighted by Gasteiger charge is 2.04. The van der Waals surface area contributed by atoms with Crippen LogP contribution < -0.4 is 0 Å². The second-order valence-corrected chi connectivity index (χ2v) is 4.34. The van der Waals surface area contributed by atoms with Crippen LogP contribution in [0.3, 0.4) is 0 Å². The van der Waals surface area contributed by atoms with E-state index in [1.807, 2.05) is 12.1 Å². The van der Waals surface area contributed by atoms with E-state index in [1.165, 1.54) is 7.11 Å². The van der Waals surface area contributed by atoms with E-state index in [0.717, 1.165) is 24.8 Å². The number of aryl methyl sites for hydroxylation is 1. The Morgan fingerprint density at radius 2 is 1.83 bits per heavy atom. The van der Waals surface area contributed by atoms with E-state index >= 15 is 0 Å². The lowest BCUT2D eigenvalue weighted by Crippen LogP contribution is -2.01. The Balaban J connectivity index is 2.35. The van der Waals surface area contributed by atoms with E-state index in [2.05, 4.69) is 4.74 Å². The van der Waals surface area contributed by atoms with Crippen LogP contribution in [0.25, 0.3) is 0 Å². The van der Waals surface area contributed by atoms with Crippen molar-refractivity contribution < 1.29 is 14.3 Å². The Morgan fingerprint density at radius 3 is 2.39 bits per heavy atom. The third-order valence-electron chi connectivity index (χ3n) is 2.70. The molecule has 0 spiro atoms. The van der Waals surface area contributed by atoms with Crippen molar-refractivity contribution in [3.05, 3.63) is 35.4 Å². The van der Waals surface area contributed by atoms with Gasteiger partial charge in [-0.1, -0.05) is 12.1 Å². The number of Topliss-reactive ketones (excluding diaryl/α,β-unsaturated/α-hetero) is 1. The summed E-state index contributed by atoms with van der Waals surface area (Å²) in [6.07, 6.45) is 3.24. The minimum atomic E-state index is -0.325. The van der Waals surface area contributed by atoms with E-state index in [-0.39, 0.29) is 17.6 Å². The number of carbonyl (C=O) groups excluding carboxylic acids is 2. The van der Waals surface area contributed by atoms with Gasteiger partial charge in [0.05, 0.1) is 18.6 Å². The van der Waals surface area contributed by atoms with E-state index in [0.29, 0.717) is 12.0 Å². The summed E-state index contributed by atoms with van der Waals surface area (Å²) in [5.74, 6) is -0.125. The minimum Gasteiger partial charge on any atom is -0.465 e. The van der Waals surface area contributed by atoms with E-state index in [4.69, 9.17) is 11.6 Å². The van der Waals surface area contributed by atoms with Crippen molar-refractivity contribution in [3.63, 3.8) is 0 Å². The summed E-state index contributed by atoms with van der Waals surface area (Å²) in [7, 11) is 1.37. The SMILES string of the molecule is COC(=O)c1ccc(CCCCC(=O)CCl)cc1. The van der Waals surface area contributed by atoms with Gasteiger partial charge in [0.25, 0.3) is 0 Å². The number of ketones is 1. The molecule has 18 heavy (non-hydrogen) atoms. The molecule has 0 unspecified atom stereocenters. The molecule has 0 aliphatic rings. The lowest BCUT2D eigenvalue weighted by atomic mass is 10.0.